The van der Waals surface area contributed by atoms with Crippen LogP contribution in [0.2, 0.25) is 0 Å². The van der Waals surface area contributed by atoms with Gasteiger partial charge in [-0.3, -0.25) is 0 Å². The van der Waals surface area contributed by atoms with E-state index in [4.69, 9.17) is 4.74 Å². The van der Waals surface area contributed by atoms with Crippen LogP contribution in [0.25, 0.3) is 0 Å². The summed E-state index contributed by atoms with van der Waals surface area (Å²) >= 11 is 3.64. The highest BCUT2D eigenvalue weighted by Gasteiger charge is 2.10. The van der Waals surface area contributed by atoms with E-state index in [9.17, 15) is 0 Å². The maximum absolute atomic E-state index is 5.28. The molecule has 0 amide bonds. The van der Waals surface area contributed by atoms with Crippen LogP contribution in [-0.2, 0) is 4.74 Å². The first-order chi connectivity index (χ1) is 5.22. The number of hydrogen-bond donors (Lipinski definition) is 0. The van der Waals surface area contributed by atoms with Gasteiger partial charge in [-0.05, 0) is 25.7 Å². The molecule has 11 heavy (non-hydrogen) atoms. The van der Waals surface area contributed by atoms with Gasteiger partial charge in [0.1, 0.15) is 0 Å². The Morgan fingerprint density at radius 1 is 1.36 bits per heavy atom. The largest absolute Gasteiger partial charge is 0.382 e. The SMILES string of the molecule is CCOCCC(C)C(Br)CC. The summed E-state index contributed by atoms with van der Waals surface area (Å²) in [5, 5.41) is 0. The van der Waals surface area contributed by atoms with Crippen LogP contribution < -0.4 is 0 Å². The van der Waals surface area contributed by atoms with E-state index in [2.05, 4.69) is 29.8 Å². The summed E-state index contributed by atoms with van der Waals surface area (Å²) in [5.74, 6) is 0.728. The lowest BCUT2D eigenvalue weighted by molar-refractivity contribution is 0.134. The number of hydrogen-bond acceptors (Lipinski definition) is 1. The maximum atomic E-state index is 5.28. The van der Waals surface area contributed by atoms with Crippen LogP contribution in [0, 0.1) is 5.92 Å². The number of alkyl halides is 1. The summed E-state index contributed by atoms with van der Waals surface area (Å²) in [6.07, 6.45) is 2.37. The highest BCUT2D eigenvalue weighted by Crippen LogP contribution is 2.18. The van der Waals surface area contributed by atoms with Crippen LogP contribution in [0.5, 0.6) is 0 Å². The monoisotopic (exact) mass is 222 g/mol. The van der Waals surface area contributed by atoms with Crippen LogP contribution >= 0.6 is 15.9 Å². The Labute approximate surface area is 78.6 Å². The van der Waals surface area contributed by atoms with Gasteiger partial charge in [0.15, 0.2) is 0 Å². The second-order valence-electron chi connectivity index (χ2n) is 2.89. The lowest BCUT2D eigenvalue weighted by atomic mass is 10.0. The molecule has 0 aromatic carbocycles. The first-order valence-electron chi connectivity index (χ1n) is 4.44. The molecular weight excluding hydrogens is 204 g/mol. The van der Waals surface area contributed by atoms with Crippen molar-refractivity contribution in [3.63, 3.8) is 0 Å². The Kier molecular flexibility index (Phi) is 7.39. The zero-order chi connectivity index (χ0) is 8.69. The normalized spacial score (nSPS) is 16.4. The molecule has 0 aliphatic rings. The molecule has 2 heteroatoms. The quantitative estimate of drug-likeness (QED) is 0.496. The zero-order valence-electron chi connectivity index (χ0n) is 7.77. The minimum absolute atomic E-state index is 0.656. The van der Waals surface area contributed by atoms with Crippen LogP contribution in [0.15, 0.2) is 0 Å². The van der Waals surface area contributed by atoms with Gasteiger partial charge in [0.2, 0.25) is 0 Å². The highest BCUT2D eigenvalue weighted by molar-refractivity contribution is 9.09. The van der Waals surface area contributed by atoms with Gasteiger partial charge in [0.25, 0.3) is 0 Å². The Morgan fingerprint density at radius 2 is 2.00 bits per heavy atom. The summed E-state index contributed by atoms with van der Waals surface area (Å²) in [6.45, 7) is 8.25. The minimum Gasteiger partial charge on any atom is -0.382 e. The highest BCUT2D eigenvalue weighted by atomic mass is 79.9. The predicted octanol–water partition coefficient (Wildman–Crippen LogP) is 3.22. The van der Waals surface area contributed by atoms with E-state index < -0.39 is 0 Å². The van der Waals surface area contributed by atoms with Gasteiger partial charge in [0, 0.05) is 18.0 Å². The average molecular weight is 223 g/mol. The molecule has 0 spiro atoms. The number of rotatable bonds is 6. The molecule has 0 fully saturated rings. The lowest BCUT2D eigenvalue weighted by Gasteiger charge is -2.15. The second-order valence-corrected chi connectivity index (χ2v) is 4.06. The third kappa shape index (κ3) is 5.68. The molecule has 0 radical (unpaired) electrons. The molecule has 68 valence electrons. The number of ether oxygens (including phenoxy) is 1. The second kappa shape index (κ2) is 7.11. The Balaban J connectivity index is 3.28. The first kappa shape index (κ1) is 11.4. The summed E-state index contributed by atoms with van der Waals surface area (Å²) in [7, 11) is 0. The standard InChI is InChI=1S/C9H19BrO/c1-4-9(10)8(3)6-7-11-5-2/h8-9H,4-7H2,1-3H3. The van der Waals surface area contributed by atoms with E-state index >= 15 is 0 Å². The van der Waals surface area contributed by atoms with Crippen molar-refractivity contribution in [2.24, 2.45) is 5.92 Å². The fraction of sp³-hybridized carbons (Fsp3) is 1.00. The molecular formula is C9H19BrO. The van der Waals surface area contributed by atoms with E-state index in [0.717, 1.165) is 25.6 Å². The molecule has 0 aromatic rings. The van der Waals surface area contributed by atoms with Crippen LogP contribution in [0.3, 0.4) is 0 Å². The van der Waals surface area contributed by atoms with Gasteiger partial charge in [-0.15, -0.1) is 0 Å². The maximum Gasteiger partial charge on any atom is 0.0468 e. The molecule has 0 aliphatic carbocycles. The third-order valence-corrected chi connectivity index (χ3v) is 3.48. The zero-order valence-corrected chi connectivity index (χ0v) is 9.36. The molecule has 0 saturated heterocycles. The van der Waals surface area contributed by atoms with Crippen LogP contribution in [-0.4, -0.2) is 18.0 Å². The van der Waals surface area contributed by atoms with Gasteiger partial charge in [0.05, 0.1) is 0 Å². The molecule has 2 atom stereocenters. The van der Waals surface area contributed by atoms with Crippen molar-refractivity contribution in [3.05, 3.63) is 0 Å². The Bertz CT molecular complexity index is 85.6. The molecule has 2 unspecified atom stereocenters. The van der Waals surface area contributed by atoms with Crippen molar-refractivity contribution in [2.45, 2.75) is 38.4 Å². The van der Waals surface area contributed by atoms with Crippen molar-refractivity contribution in [1.29, 1.82) is 0 Å². The third-order valence-electron chi connectivity index (χ3n) is 1.93. The molecule has 0 N–H and O–H groups in total. The summed E-state index contributed by atoms with van der Waals surface area (Å²) in [4.78, 5) is 0.656. The fourth-order valence-corrected chi connectivity index (χ4v) is 1.26. The summed E-state index contributed by atoms with van der Waals surface area (Å²) < 4.78 is 5.28. The van der Waals surface area contributed by atoms with Crippen LogP contribution in [0.4, 0.5) is 0 Å². The molecule has 1 nitrogen and oxygen atoms in total. The first-order valence-corrected chi connectivity index (χ1v) is 5.35. The molecule has 0 saturated carbocycles. The number of halogens is 1. The fourth-order valence-electron chi connectivity index (χ4n) is 0.997. The van der Waals surface area contributed by atoms with E-state index in [1.54, 1.807) is 0 Å². The van der Waals surface area contributed by atoms with Crippen molar-refractivity contribution in [3.8, 4) is 0 Å². The average Bonchev–Trinajstić information content (AvgIpc) is 2.03. The van der Waals surface area contributed by atoms with Crippen molar-refractivity contribution in [1.82, 2.24) is 0 Å². The lowest BCUT2D eigenvalue weighted by Crippen LogP contribution is -2.12. The molecule has 0 rings (SSSR count). The molecule has 0 bridgehead atoms. The topological polar surface area (TPSA) is 9.23 Å². The van der Waals surface area contributed by atoms with Gasteiger partial charge in [-0.25, -0.2) is 0 Å². The summed E-state index contributed by atoms with van der Waals surface area (Å²) in [5.41, 5.74) is 0. The minimum atomic E-state index is 0.656. The van der Waals surface area contributed by atoms with Gasteiger partial charge in [-0.1, -0.05) is 29.8 Å². The predicted molar refractivity (Wildman–Crippen MR) is 53.3 cm³/mol. The Morgan fingerprint density at radius 3 is 2.45 bits per heavy atom. The van der Waals surface area contributed by atoms with Gasteiger partial charge < -0.3 is 4.74 Å². The van der Waals surface area contributed by atoms with E-state index in [1.807, 2.05) is 6.92 Å². The smallest absolute Gasteiger partial charge is 0.0468 e. The molecule has 0 aliphatic heterocycles. The van der Waals surface area contributed by atoms with Crippen molar-refractivity contribution in [2.75, 3.05) is 13.2 Å². The summed E-state index contributed by atoms with van der Waals surface area (Å²) in [6, 6.07) is 0. The van der Waals surface area contributed by atoms with E-state index in [0.29, 0.717) is 4.83 Å². The van der Waals surface area contributed by atoms with E-state index in [-0.39, 0.29) is 0 Å². The molecule has 0 aromatic heterocycles. The van der Waals surface area contributed by atoms with Gasteiger partial charge in [-0.2, -0.15) is 0 Å². The van der Waals surface area contributed by atoms with E-state index in [1.165, 1.54) is 6.42 Å². The Hall–Kier alpha value is 0.440. The van der Waals surface area contributed by atoms with Crippen molar-refractivity contribution >= 4 is 15.9 Å². The molecule has 0 heterocycles. The van der Waals surface area contributed by atoms with Crippen molar-refractivity contribution < 1.29 is 4.74 Å². The van der Waals surface area contributed by atoms with Gasteiger partial charge >= 0.3 is 0 Å². The van der Waals surface area contributed by atoms with Crippen LogP contribution in [0.1, 0.15) is 33.6 Å².